The number of hydrogen-bond acceptors (Lipinski definition) is 7. The molecule has 0 bridgehead atoms. The van der Waals surface area contributed by atoms with Crippen molar-refractivity contribution in [2.24, 2.45) is 0 Å². The molecule has 9 nitrogen and oxygen atoms in total. The largest absolute Gasteiger partial charge is 0.494 e. The number of rotatable bonds is 17. The van der Waals surface area contributed by atoms with Gasteiger partial charge in [-0.1, -0.05) is 54.6 Å². The van der Waals surface area contributed by atoms with Gasteiger partial charge < -0.3 is 28.3 Å². The van der Waals surface area contributed by atoms with E-state index in [1.165, 1.54) is 0 Å². The minimum atomic E-state index is -0.169. The minimum Gasteiger partial charge on any atom is -0.494 e. The minimum absolute atomic E-state index is 0.169. The van der Waals surface area contributed by atoms with E-state index in [2.05, 4.69) is 94.4 Å². The van der Waals surface area contributed by atoms with E-state index in [-0.39, 0.29) is 5.91 Å². The van der Waals surface area contributed by atoms with Crippen molar-refractivity contribution in [1.29, 1.82) is 0 Å². The molecule has 0 N–H and O–H groups in total. The monoisotopic (exact) mass is 962 g/mol. The summed E-state index contributed by atoms with van der Waals surface area (Å²) < 4.78 is 32.8. The molecule has 1 heterocycles. The van der Waals surface area contributed by atoms with Gasteiger partial charge in [0.1, 0.15) is 34.3 Å². The summed E-state index contributed by atoms with van der Waals surface area (Å²) in [6.45, 7) is 10.2. The van der Waals surface area contributed by atoms with Crippen LogP contribution in [0.1, 0.15) is 38.1 Å². The lowest BCUT2D eigenvalue weighted by Gasteiger charge is -2.27. The van der Waals surface area contributed by atoms with E-state index in [1.54, 1.807) is 4.90 Å². The van der Waals surface area contributed by atoms with Crippen LogP contribution in [0.2, 0.25) is 0 Å². The summed E-state index contributed by atoms with van der Waals surface area (Å²) in [5.41, 5.74) is 9.70. The second-order valence-corrected chi connectivity index (χ2v) is 17.1. The molecule has 0 atom stereocenters. The quantitative estimate of drug-likeness (QED) is 0.0664. The maximum absolute atomic E-state index is 15.4. The lowest BCUT2D eigenvalue weighted by Crippen LogP contribution is -2.26. The molecule has 0 spiro atoms. The van der Waals surface area contributed by atoms with E-state index in [0.717, 1.165) is 90.2 Å². The zero-order valence-corrected chi connectivity index (χ0v) is 41.4. The number of amides is 1. The summed E-state index contributed by atoms with van der Waals surface area (Å²) in [4.78, 5) is 19.4. The average Bonchev–Trinajstić information content (AvgIpc) is 3.43. The highest BCUT2D eigenvalue weighted by atomic mass is 16.5. The van der Waals surface area contributed by atoms with Gasteiger partial charge in [-0.05, 0) is 155 Å². The van der Waals surface area contributed by atoms with Gasteiger partial charge in [-0.2, -0.15) is 4.58 Å². The van der Waals surface area contributed by atoms with Gasteiger partial charge in [-0.15, -0.1) is 0 Å². The molecule has 0 saturated heterocycles. The normalized spacial score (nSPS) is 11.0. The van der Waals surface area contributed by atoms with Crippen molar-refractivity contribution in [3.63, 3.8) is 0 Å². The number of benzene rings is 9. The zero-order valence-electron chi connectivity index (χ0n) is 41.4. The molecule has 0 fully saturated rings. The molecule has 2 aliphatic rings. The third kappa shape index (κ3) is 10.1. The van der Waals surface area contributed by atoms with Gasteiger partial charge in [0.05, 0.1) is 32.5 Å². The Balaban J connectivity index is 1.24. The zero-order chi connectivity index (χ0) is 50.1. The fourth-order valence-electron chi connectivity index (χ4n) is 9.31. The van der Waals surface area contributed by atoms with Crippen LogP contribution < -0.4 is 38.7 Å². The molecule has 9 heteroatoms. The molecule has 0 saturated carbocycles. The summed E-state index contributed by atoms with van der Waals surface area (Å²) in [6, 6.07) is 72.4. The summed E-state index contributed by atoms with van der Waals surface area (Å²) in [7, 11) is 0. The number of para-hydroxylation sites is 2. The molecule has 1 aliphatic heterocycles. The third-order valence-electron chi connectivity index (χ3n) is 12.5. The van der Waals surface area contributed by atoms with E-state index in [9.17, 15) is 0 Å². The molecule has 10 rings (SSSR count). The Labute approximate surface area is 426 Å². The first-order valence-corrected chi connectivity index (χ1v) is 24.8. The standard InChI is InChI=1S/C64H56N3O6/c1-5-69-53-33-23-47(24-34-53)65(48-25-35-54(36-26-48)70-6-2)51-31-41-59-61(43-51)73-62-44-52(66(49-27-37-55(38-28-49)71-7-3)50-29-39-56(40-30-50)72-8-4)32-42-60(62)63(59)57-21-15-16-22-58(57)64(68)67(45-17-11-9-12-18-45)46-19-13-10-14-20-46/h9-44H,5-8H2,1-4H3/q+1. The second-order valence-electron chi connectivity index (χ2n) is 17.1. The topological polar surface area (TPSA) is 76.6 Å². The van der Waals surface area contributed by atoms with Crippen LogP contribution in [0, 0.1) is 0 Å². The highest BCUT2D eigenvalue weighted by Gasteiger charge is 2.28. The van der Waals surface area contributed by atoms with Gasteiger partial charge in [0.15, 0.2) is 0 Å². The second kappa shape index (κ2) is 21.9. The molecule has 8 aromatic carbocycles. The maximum atomic E-state index is 15.4. The number of carbonyl (C=O) groups excluding carboxylic acids is 1. The van der Waals surface area contributed by atoms with E-state index < -0.39 is 0 Å². The molecule has 0 aromatic heterocycles. The van der Waals surface area contributed by atoms with Crippen LogP contribution in [0.4, 0.5) is 39.8 Å². The van der Waals surface area contributed by atoms with Crippen molar-refractivity contribution < 1.29 is 28.2 Å². The number of fused-ring (bicyclic) bond motifs is 2. The molecule has 73 heavy (non-hydrogen) atoms. The van der Waals surface area contributed by atoms with E-state index in [4.69, 9.17) is 23.4 Å². The van der Waals surface area contributed by atoms with Crippen LogP contribution in [0.15, 0.2) is 223 Å². The van der Waals surface area contributed by atoms with Crippen LogP contribution >= 0.6 is 0 Å². The van der Waals surface area contributed by atoms with E-state index >= 15 is 4.79 Å². The predicted molar refractivity (Wildman–Crippen MR) is 294 cm³/mol. The van der Waals surface area contributed by atoms with Crippen LogP contribution in [-0.4, -0.2) is 32.3 Å². The molecule has 1 aliphatic carbocycles. The summed E-state index contributed by atoms with van der Waals surface area (Å²) in [5, 5.41) is 1.70. The number of carbonyl (C=O) groups is 1. The van der Waals surface area contributed by atoms with Crippen molar-refractivity contribution in [1.82, 2.24) is 4.58 Å². The molecular weight excluding hydrogens is 907 g/mol. The number of hydrogen-bond donors (Lipinski definition) is 0. The first kappa shape index (κ1) is 47.6. The van der Waals surface area contributed by atoms with Crippen molar-refractivity contribution in [3.05, 3.63) is 229 Å². The summed E-state index contributed by atoms with van der Waals surface area (Å²) in [6.07, 6.45) is 0. The predicted octanol–water partition coefficient (Wildman–Crippen LogP) is 15.7. The van der Waals surface area contributed by atoms with Crippen molar-refractivity contribution in [3.8, 4) is 45.4 Å². The van der Waals surface area contributed by atoms with Crippen LogP contribution in [0.5, 0.6) is 23.0 Å². The van der Waals surface area contributed by atoms with Gasteiger partial charge in [0, 0.05) is 86.9 Å². The Bertz CT molecular complexity index is 3360. The first-order chi connectivity index (χ1) is 35.9. The van der Waals surface area contributed by atoms with Crippen LogP contribution in [0.25, 0.3) is 33.4 Å². The Kier molecular flexibility index (Phi) is 14.3. The smallest absolute Gasteiger partial charge is 0.263 e. The van der Waals surface area contributed by atoms with E-state index in [1.807, 2.05) is 161 Å². The van der Waals surface area contributed by atoms with Gasteiger partial charge in [-0.3, -0.25) is 9.69 Å². The van der Waals surface area contributed by atoms with Crippen LogP contribution in [-0.2, 0) is 0 Å². The molecule has 8 aromatic rings. The number of nitrogens with zero attached hydrogens (tertiary/aromatic N) is 3. The SMILES string of the molecule is CCOc1ccc(N(c2ccc(OCC)cc2)c2ccc3c(-c4ccccc4C(=O)N(c4ccccc4)c4ccccc4)c4ccc(=[N+](c5ccc(OCC)cc5)c5ccc(OCC)cc5)cc-4oc3c2)cc1. The Hall–Kier alpha value is -9.08. The summed E-state index contributed by atoms with van der Waals surface area (Å²) in [5.74, 6) is 3.60. The fraction of sp³-hybridized carbons (Fsp3) is 0.125. The van der Waals surface area contributed by atoms with Gasteiger partial charge in [-0.25, -0.2) is 0 Å². The molecular formula is C64H56N3O6+. The van der Waals surface area contributed by atoms with Gasteiger partial charge >= 0.3 is 0 Å². The third-order valence-corrected chi connectivity index (χ3v) is 12.5. The Morgan fingerprint density at radius 3 is 1.38 bits per heavy atom. The molecule has 1 amide bonds. The fourth-order valence-corrected chi connectivity index (χ4v) is 9.31. The Morgan fingerprint density at radius 2 is 0.890 bits per heavy atom. The average molecular weight is 963 g/mol. The molecule has 0 unspecified atom stereocenters. The highest BCUT2D eigenvalue weighted by Crippen LogP contribution is 2.45. The van der Waals surface area contributed by atoms with Crippen LogP contribution in [0.3, 0.4) is 0 Å². The van der Waals surface area contributed by atoms with Crippen molar-refractivity contribution in [2.45, 2.75) is 27.7 Å². The first-order valence-electron chi connectivity index (χ1n) is 24.8. The summed E-state index contributed by atoms with van der Waals surface area (Å²) >= 11 is 0. The Morgan fingerprint density at radius 1 is 0.438 bits per heavy atom. The lowest BCUT2D eigenvalue weighted by atomic mass is 9.90. The molecule has 362 valence electrons. The van der Waals surface area contributed by atoms with Gasteiger partial charge in [0.25, 0.3) is 5.91 Å². The number of ether oxygens (including phenoxy) is 4. The van der Waals surface area contributed by atoms with E-state index in [0.29, 0.717) is 43.3 Å². The van der Waals surface area contributed by atoms with Crippen molar-refractivity contribution in [2.75, 3.05) is 36.2 Å². The highest BCUT2D eigenvalue weighted by molar-refractivity contribution is 6.17. The van der Waals surface area contributed by atoms with Gasteiger partial charge in [0.2, 0.25) is 16.7 Å². The number of anilines is 5. The maximum Gasteiger partial charge on any atom is 0.263 e. The van der Waals surface area contributed by atoms with Crippen molar-refractivity contribution >= 4 is 56.7 Å². The molecule has 0 radical (unpaired) electrons. The lowest BCUT2D eigenvalue weighted by molar-refractivity contribution is 0.1000.